The number of nitrogens with one attached hydrogen (secondary N) is 1. The number of carbonyl (C=O) groups is 1. The van der Waals surface area contributed by atoms with Crippen LogP contribution in [0.5, 0.6) is 0 Å². The van der Waals surface area contributed by atoms with Gasteiger partial charge in [-0.3, -0.25) is 4.79 Å². The van der Waals surface area contributed by atoms with Crippen molar-refractivity contribution < 1.29 is 9.90 Å². The van der Waals surface area contributed by atoms with E-state index < -0.39 is 0 Å². The van der Waals surface area contributed by atoms with Crippen LogP contribution in [0.2, 0.25) is 0 Å². The second-order valence-corrected chi connectivity index (χ2v) is 5.47. The van der Waals surface area contributed by atoms with Crippen LogP contribution in [-0.4, -0.2) is 24.2 Å². The van der Waals surface area contributed by atoms with Gasteiger partial charge in [0.2, 0.25) is 0 Å². The van der Waals surface area contributed by atoms with Crippen molar-refractivity contribution in [3.63, 3.8) is 0 Å². The Hall–Kier alpha value is -0.620. The van der Waals surface area contributed by atoms with E-state index in [0.717, 1.165) is 14.7 Å². The zero-order chi connectivity index (χ0) is 12.8. The van der Waals surface area contributed by atoms with E-state index >= 15 is 0 Å². The summed E-state index contributed by atoms with van der Waals surface area (Å²) in [6.45, 7) is 4.75. The molecule has 17 heavy (non-hydrogen) atoms. The summed E-state index contributed by atoms with van der Waals surface area (Å²) in [6, 6.07) is 5.84. The summed E-state index contributed by atoms with van der Waals surface area (Å²) in [6.07, 6.45) is 0.713. The van der Waals surface area contributed by atoms with Crippen LogP contribution in [0.25, 0.3) is 0 Å². The third kappa shape index (κ3) is 4.63. The largest absolute Gasteiger partial charge is 0.396 e. The molecule has 0 radical (unpaired) electrons. The molecule has 0 saturated carbocycles. The first-order valence-electron chi connectivity index (χ1n) is 5.69. The molecule has 1 unspecified atom stereocenters. The molecule has 0 aliphatic rings. The Labute approximate surface area is 116 Å². The Kier molecular flexibility index (Phi) is 5.91. The molecule has 0 aliphatic carbocycles. The molecule has 0 saturated heterocycles. The highest BCUT2D eigenvalue weighted by Gasteiger charge is 2.11. The molecule has 4 heteroatoms. The van der Waals surface area contributed by atoms with Gasteiger partial charge in [-0.2, -0.15) is 0 Å². The van der Waals surface area contributed by atoms with Crippen LogP contribution in [0, 0.1) is 16.4 Å². The molecule has 3 nitrogen and oxygen atoms in total. The zero-order valence-corrected chi connectivity index (χ0v) is 12.3. The number of aryl methyl sites for hydroxylation is 1. The fraction of sp³-hybridized carbons (Fsp3) is 0.462. The lowest BCUT2D eigenvalue weighted by Crippen LogP contribution is -2.29. The van der Waals surface area contributed by atoms with Gasteiger partial charge in [-0.05, 0) is 54.0 Å². The summed E-state index contributed by atoms with van der Waals surface area (Å²) in [5.74, 6) is 0.259. The van der Waals surface area contributed by atoms with E-state index in [0.29, 0.717) is 18.9 Å². The average Bonchev–Trinajstić information content (AvgIpc) is 2.29. The Morgan fingerprint density at radius 2 is 2.24 bits per heavy atom. The summed E-state index contributed by atoms with van der Waals surface area (Å²) in [5.41, 5.74) is 1.81. The second-order valence-electron chi connectivity index (χ2n) is 4.31. The monoisotopic (exact) mass is 347 g/mol. The molecule has 1 amide bonds. The van der Waals surface area contributed by atoms with Gasteiger partial charge in [-0.15, -0.1) is 0 Å². The molecule has 1 atom stereocenters. The van der Waals surface area contributed by atoms with Crippen molar-refractivity contribution in [3.8, 4) is 0 Å². The van der Waals surface area contributed by atoms with E-state index in [9.17, 15) is 4.79 Å². The molecular formula is C13H18INO2. The number of rotatable bonds is 5. The minimum Gasteiger partial charge on any atom is -0.396 e. The SMILES string of the molecule is Cc1ccc(I)c(C(=O)NCC(C)CCO)c1. The smallest absolute Gasteiger partial charge is 0.252 e. The van der Waals surface area contributed by atoms with E-state index in [1.807, 2.05) is 32.0 Å². The molecule has 0 bridgehead atoms. The maximum atomic E-state index is 11.9. The normalized spacial score (nSPS) is 12.2. The van der Waals surface area contributed by atoms with Crippen molar-refractivity contribution in [2.24, 2.45) is 5.92 Å². The summed E-state index contributed by atoms with van der Waals surface area (Å²) < 4.78 is 0.959. The Morgan fingerprint density at radius 1 is 1.53 bits per heavy atom. The van der Waals surface area contributed by atoms with E-state index in [4.69, 9.17) is 5.11 Å². The summed E-state index contributed by atoms with van der Waals surface area (Å²) >= 11 is 2.17. The predicted octanol–water partition coefficient (Wildman–Crippen LogP) is 2.35. The average molecular weight is 347 g/mol. The van der Waals surface area contributed by atoms with E-state index in [-0.39, 0.29) is 12.5 Å². The molecule has 1 rings (SSSR count). The van der Waals surface area contributed by atoms with Crippen LogP contribution in [-0.2, 0) is 0 Å². The highest BCUT2D eigenvalue weighted by molar-refractivity contribution is 14.1. The van der Waals surface area contributed by atoms with E-state index in [1.165, 1.54) is 0 Å². The topological polar surface area (TPSA) is 49.3 Å². The summed E-state index contributed by atoms with van der Waals surface area (Å²) in [5, 5.41) is 11.7. The maximum absolute atomic E-state index is 11.9. The van der Waals surface area contributed by atoms with Crippen molar-refractivity contribution in [1.29, 1.82) is 0 Å². The van der Waals surface area contributed by atoms with Gasteiger partial charge in [0.05, 0.1) is 5.56 Å². The van der Waals surface area contributed by atoms with Crippen LogP contribution in [0.3, 0.4) is 0 Å². The van der Waals surface area contributed by atoms with Crippen LogP contribution in [0.4, 0.5) is 0 Å². The molecule has 2 N–H and O–H groups in total. The van der Waals surface area contributed by atoms with Gasteiger partial charge in [-0.1, -0.05) is 18.6 Å². The number of carbonyl (C=O) groups excluding carboxylic acids is 1. The van der Waals surface area contributed by atoms with Gasteiger partial charge in [0.25, 0.3) is 5.91 Å². The van der Waals surface area contributed by atoms with Gasteiger partial charge in [-0.25, -0.2) is 0 Å². The molecule has 1 aromatic carbocycles. The van der Waals surface area contributed by atoms with Crippen molar-refractivity contribution in [2.75, 3.05) is 13.2 Å². The van der Waals surface area contributed by atoms with Crippen LogP contribution < -0.4 is 5.32 Å². The molecule has 0 fully saturated rings. The Morgan fingerprint density at radius 3 is 2.88 bits per heavy atom. The summed E-state index contributed by atoms with van der Waals surface area (Å²) in [7, 11) is 0. The molecule has 1 aromatic rings. The zero-order valence-electron chi connectivity index (χ0n) is 10.2. The molecule has 0 spiro atoms. The molecule has 94 valence electrons. The van der Waals surface area contributed by atoms with Crippen LogP contribution in [0.15, 0.2) is 18.2 Å². The van der Waals surface area contributed by atoms with Gasteiger partial charge in [0, 0.05) is 16.7 Å². The molecule has 0 aliphatic heterocycles. The quantitative estimate of drug-likeness (QED) is 0.804. The number of hydrogen-bond donors (Lipinski definition) is 2. The van der Waals surface area contributed by atoms with Crippen molar-refractivity contribution >= 4 is 28.5 Å². The van der Waals surface area contributed by atoms with Crippen LogP contribution >= 0.6 is 22.6 Å². The van der Waals surface area contributed by atoms with Crippen molar-refractivity contribution in [2.45, 2.75) is 20.3 Å². The highest BCUT2D eigenvalue weighted by Crippen LogP contribution is 2.14. The third-order valence-electron chi connectivity index (χ3n) is 2.60. The van der Waals surface area contributed by atoms with Gasteiger partial charge in [0.15, 0.2) is 0 Å². The minimum atomic E-state index is -0.0390. The van der Waals surface area contributed by atoms with Gasteiger partial charge < -0.3 is 10.4 Å². The standard InChI is InChI=1S/C13H18INO2/c1-9-3-4-12(14)11(7-9)13(17)15-8-10(2)5-6-16/h3-4,7,10,16H,5-6,8H2,1-2H3,(H,15,17). The lowest BCUT2D eigenvalue weighted by atomic mass is 10.1. The maximum Gasteiger partial charge on any atom is 0.252 e. The second kappa shape index (κ2) is 6.96. The molecular weight excluding hydrogens is 329 g/mol. The summed E-state index contributed by atoms with van der Waals surface area (Å²) in [4.78, 5) is 11.9. The van der Waals surface area contributed by atoms with Gasteiger partial charge >= 0.3 is 0 Å². The first-order chi connectivity index (χ1) is 8.04. The Bertz CT molecular complexity index is 393. The first-order valence-corrected chi connectivity index (χ1v) is 6.77. The first kappa shape index (κ1) is 14.4. The Balaban J connectivity index is 2.61. The third-order valence-corrected chi connectivity index (χ3v) is 3.54. The number of amides is 1. The fourth-order valence-corrected chi connectivity index (χ4v) is 2.08. The predicted molar refractivity (Wildman–Crippen MR) is 77.1 cm³/mol. The lowest BCUT2D eigenvalue weighted by Gasteiger charge is -2.12. The highest BCUT2D eigenvalue weighted by atomic mass is 127. The minimum absolute atomic E-state index is 0.0390. The molecule has 0 aromatic heterocycles. The van der Waals surface area contributed by atoms with Crippen molar-refractivity contribution in [3.05, 3.63) is 32.9 Å². The van der Waals surface area contributed by atoms with E-state index in [2.05, 4.69) is 27.9 Å². The molecule has 0 heterocycles. The number of aliphatic hydroxyl groups excluding tert-OH is 1. The number of aliphatic hydroxyl groups is 1. The fourth-order valence-electron chi connectivity index (χ4n) is 1.50. The lowest BCUT2D eigenvalue weighted by molar-refractivity contribution is 0.0944. The van der Waals surface area contributed by atoms with Crippen LogP contribution in [0.1, 0.15) is 29.3 Å². The van der Waals surface area contributed by atoms with E-state index in [1.54, 1.807) is 0 Å². The van der Waals surface area contributed by atoms with Gasteiger partial charge in [0.1, 0.15) is 0 Å². The number of hydrogen-bond acceptors (Lipinski definition) is 2. The number of benzene rings is 1. The van der Waals surface area contributed by atoms with Crippen molar-refractivity contribution in [1.82, 2.24) is 5.32 Å². The number of halogens is 1.